The molecule has 0 radical (unpaired) electrons. The lowest BCUT2D eigenvalue weighted by molar-refractivity contribution is -0.153. The molecule has 1 N–H and O–H groups in total. The third-order valence-corrected chi connectivity index (χ3v) is 2.20. The summed E-state index contributed by atoms with van der Waals surface area (Å²) in [6.45, 7) is -0.148. The van der Waals surface area contributed by atoms with Crippen molar-refractivity contribution in [3.05, 3.63) is 23.3 Å². The van der Waals surface area contributed by atoms with Crippen LogP contribution in [0.1, 0.15) is 15.9 Å². The quantitative estimate of drug-likeness (QED) is 0.908. The standard InChI is InChI=1S/C11H11F3O4/c1-6-7(10(15)16)3-4-8(17-2)9(6)18-5-11(12,13)14/h3-4H,5H2,1-2H3,(H,15,16). The van der Waals surface area contributed by atoms with Crippen LogP contribution in [0, 0.1) is 6.92 Å². The van der Waals surface area contributed by atoms with Crippen molar-refractivity contribution < 1.29 is 32.5 Å². The first-order chi connectivity index (χ1) is 8.26. The van der Waals surface area contributed by atoms with Gasteiger partial charge < -0.3 is 14.6 Å². The third kappa shape index (κ3) is 3.28. The molecule has 7 heteroatoms. The maximum absolute atomic E-state index is 12.1. The summed E-state index contributed by atoms with van der Waals surface area (Å²) in [5.41, 5.74) is -0.0425. The molecule has 0 heterocycles. The minimum Gasteiger partial charge on any atom is -0.493 e. The molecule has 4 nitrogen and oxygen atoms in total. The summed E-state index contributed by atoms with van der Waals surface area (Å²) in [4.78, 5) is 10.9. The molecule has 0 spiro atoms. The van der Waals surface area contributed by atoms with Crippen LogP contribution in [-0.2, 0) is 0 Å². The predicted molar refractivity (Wildman–Crippen MR) is 56.2 cm³/mol. The number of rotatable bonds is 4. The Bertz CT molecular complexity index is 454. The highest BCUT2D eigenvalue weighted by atomic mass is 19.4. The van der Waals surface area contributed by atoms with Crippen LogP contribution in [0.2, 0.25) is 0 Å². The molecule has 0 aliphatic carbocycles. The van der Waals surface area contributed by atoms with Gasteiger partial charge in [0, 0.05) is 5.56 Å². The van der Waals surface area contributed by atoms with Crippen molar-refractivity contribution in [3.63, 3.8) is 0 Å². The van der Waals surface area contributed by atoms with Gasteiger partial charge in [0.1, 0.15) is 0 Å². The van der Waals surface area contributed by atoms with E-state index in [9.17, 15) is 18.0 Å². The van der Waals surface area contributed by atoms with Gasteiger partial charge in [0.25, 0.3) is 0 Å². The molecule has 0 aromatic heterocycles. The molecule has 1 aromatic rings. The summed E-state index contributed by atoms with van der Waals surface area (Å²) in [7, 11) is 1.26. The van der Waals surface area contributed by atoms with Gasteiger partial charge in [0.05, 0.1) is 12.7 Å². The van der Waals surface area contributed by atoms with Crippen LogP contribution in [0.4, 0.5) is 13.2 Å². The molecule has 0 saturated heterocycles. The van der Waals surface area contributed by atoms with Crippen molar-refractivity contribution in [1.29, 1.82) is 0 Å². The smallest absolute Gasteiger partial charge is 0.422 e. The first kappa shape index (κ1) is 14.1. The van der Waals surface area contributed by atoms with E-state index in [1.807, 2.05) is 0 Å². The molecule has 1 rings (SSSR count). The fourth-order valence-electron chi connectivity index (χ4n) is 1.39. The van der Waals surface area contributed by atoms with E-state index < -0.39 is 18.8 Å². The van der Waals surface area contributed by atoms with Gasteiger partial charge >= 0.3 is 12.1 Å². The first-order valence-electron chi connectivity index (χ1n) is 4.86. The zero-order chi connectivity index (χ0) is 13.9. The first-order valence-corrected chi connectivity index (χ1v) is 4.86. The van der Waals surface area contributed by atoms with Crippen molar-refractivity contribution in [1.82, 2.24) is 0 Å². The minimum absolute atomic E-state index is 0.0572. The summed E-state index contributed by atoms with van der Waals surface area (Å²) in [6.07, 6.45) is -4.50. The zero-order valence-electron chi connectivity index (χ0n) is 9.67. The maximum Gasteiger partial charge on any atom is 0.422 e. The van der Waals surface area contributed by atoms with Crippen molar-refractivity contribution in [3.8, 4) is 11.5 Å². The van der Waals surface area contributed by atoms with Crippen molar-refractivity contribution in [2.45, 2.75) is 13.1 Å². The molecule has 0 amide bonds. The Hall–Kier alpha value is -1.92. The number of carboxylic acids is 1. The Morgan fingerprint density at radius 1 is 1.39 bits per heavy atom. The average Bonchev–Trinajstić information content (AvgIpc) is 2.25. The fraction of sp³-hybridized carbons (Fsp3) is 0.364. The van der Waals surface area contributed by atoms with E-state index in [4.69, 9.17) is 9.84 Å². The topological polar surface area (TPSA) is 55.8 Å². The SMILES string of the molecule is COc1ccc(C(=O)O)c(C)c1OCC(F)(F)F. The lowest BCUT2D eigenvalue weighted by Crippen LogP contribution is -2.20. The zero-order valence-corrected chi connectivity index (χ0v) is 9.67. The highest BCUT2D eigenvalue weighted by molar-refractivity contribution is 5.90. The molecule has 1 aromatic carbocycles. The number of ether oxygens (including phenoxy) is 2. The van der Waals surface area contributed by atoms with Gasteiger partial charge in [-0.25, -0.2) is 4.79 Å². The number of carbonyl (C=O) groups is 1. The monoisotopic (exact) mass is 264 g/mol. The second-order valence-electron chi connectivity index (χ2n) is 3.48. The minimum atomic E-state index is -4.50. The molecular weight excluding hydrogens is 253 g/mol. The Morgan fingerprint density at radius 2 is 2.00 bits per heavy atom. The van der Waals surface area contributed by atoms with Gasteiger partial charge in [0.2, 0.25) is 0 Å². The van der Waals surface area contributed by atoms with Crippen LogP contribution < -0.4 is 9.47 Å². The van der Waals surface area contributed by atoms with Gasteiger partial charge in [-0.1, -0.05) is 0 Å². The Balaban J connectivity index is 3.13. The lowest BCUT2D eigenvalue weighted by Gasteiger charge is -2.15. The van der Waals surface area contributed by atoms with Gasteiger partial charge in [-0.2, -0.15) is 13.2 Å². The highest BCUT2D eigenvalue weighted by Crippen LogP contribution is 2.34. The lowest BCUT2D eigenvalue weighted by atomic mass is 10.1. The fourth-order valence-corrected chi connectivity index (χ4v) is 1.39. The number of alkyl halides is 3. The van der Waals surface area contributed by atoms with Gasteiger partial charge in [-0.3, -0.25) is 0 Å². The van der Waals surface area contributed by atoms with E-state index in [2.05, 4.69) is 4.74 Å². The van der Waals surface area contributed by atoms with Crippen LogP contribution in [-0.4, -0.2) is 31.0 Å². The van der Waals surface area contributed by atoms with E-state index >= 15 is 0 Å². The van der Waals surface area contributed by atoms with E-state index in [-0.39, 0.29) is 22.6 Å². The van der Waals surface area contributed by atoms with E-state index in [1.165, 1.54) is 26.2 Å². The van der Waals surface area contributed by atoms with Crippen LogP contribution >= 0.6 is 0 Å². The number of benzene rings is 1. The van der Waals surface area contributed by atoms with Gasteiger partial charge in [-0.15, -0.1) is 0 Å². The number of hydrogen-bond acceptors (Lipinski definition) is 3. The van der Waals surface area contributed by atoms with E-state index in [1.54, 1.807) is 0 Å². The summed E-state index contributed by atoms with van der Waals surface area (Å²) in [6, 6.07) is 2.50. The molecule has 0 aliphatic rings. The van der Waals surface area contributed by atoms with Crippen molar-refractivity contribution in [2.24, 2.45) is 0 Å². The Labute approximate surface area is 101 Å². The molecular formula is C11H11F3O4. The number of carboxylic acid groups (broad SMARTS) is 1. The van der Waals surface area contributed by atoms with E-state index in [0.29, 0.717) is 0 Å². The maximum atomic E-state index is 12.1. The van der Waals surface area contributed by atoms with Crippen LogP contribution in [0.15, 0.2) is 12.1 Å². The van der Waals surface area contributed by atoms with Gasteiger partial charge in [0.15, 0.2) is 18.1 Å². The highest BCUT2D eigenvalue weighted by Gasteiger charge is 2.30. The van der Waals surface area contributed by atoms with Crippen molar-refractivity contribution >= 4 is 5.97 Å². The molecule has 0 saturated carbocycles. The average molecular weight is 264 g/mol. The Kier molecular flexibility index (Phi) is 4.05. The molecule has 0 unspecified atom stereocenters. The predicted octanol–water partition coefficient (Wildman–Crippen LogP) is 2.64. The third-order valence-electron chi connectivity index (χ3n) is 2.20. The van der Waals surface area contributed by atoms with Crippen LogP contribution in [0.25, 0.3) is 0 Å². The molecule has 18 heavy (non-hydrogen) atoms. The largest absolute Gasteiger partial charge is 0.493 e. The molecule has 0 atom stereocenters. The van der Waals surface area contributed by atoms with Crippen LogP contribution in [0.5, 0.6) is 11.5 Å². The number of aromatic carboxylic acids is 1. The summed E-state index contributed by atoms with van der Waals surface area (Å²) >= 11 is 0. The second kappa shape index (κ2) is 5.16. The van der Waals surface area contributed by atoms with Crippen LogP contribution in [0.3, 0.4) is 0 Å². The van der Waals surface area contributed by atoms with Gasteiger partial charge in [-0.05, 0) is 19.1 Å². The summed E-state index contributed by atoms with van der Waals surface area (Å²) < 4.78 is 45.7. The number of halogens is 3. The molecule has 0 bridgehead atoms. The molecule has 0 fully saturated rings. The molecule has 100 valence electrons. The normalized spacial score (nSPS) is 11.2. The number of hydrogen-bond donors (Lipinski definition) is 1. The number of methoxy groups -OCH3 is 1. The molecule has 0 aliphatic heterocycles. The van der Waals surface area contributed by atoms with Crippen molar-refractivity contribution in [2.75, 3.05) is 13.7 Å². The summed E-state index contributed by atoms with van der Waals surface area (Å²) in [5.74, 6) is -1.40. The second-order valence-corrected chi connectivity index (χ2v) is 3.48. The summed E-state index contributed by atoms with van der Waals surface area (Å²) in [5, 5.41) is 8.86. The van der Waals surface area contributed by atoms with E-state index in [0.717, 1.165) is 0 Å². The Morgan fingerprint density at radius 3 is 2.44 bits per heavy atom.